The molecule has 7 heavy (non-hydrogen) atoms. The van der Waals surface area contributed by atoms with Gasteiger partial charge in [-0.15, -0.1) is 0 Å². The SMILES string of the molecule is CC=CCS(C)=O. The van der Waals surface area contributed by atoms with E-state index in [9.17, 15) is 4.21 Å². The third kappa shape index (κ3) is 5.89. The molecular weight excluding hydrogens is 108 g/mol. The fourth-order valence-corrected chi connectivity index (χ4v) is 0.695. The van der Waals surface area contributed by atoms with E-state index < -0.39 is 10.8 Å². The topological polar surface area (TPSA) is 17.1 Å². The minimum Gasteiger partial charge on any atom is -0.260 e. The average molecular weight is 118 g/mol. The highest BCUT2D eigenvalue weighted by atomic mass is 32.2. The van der Waals surface area contributed by atoms with Crippen LogP contribution in [0.25, 0.3) is 0 Å². The van der Waals surface area contributed by atoms with Crippen LogP contribution in [0.5, 0.6) is 0 Å². The summed E-state index contributed by atoms with van der Waals surface area (Å²) in [7, 11) is -0.652. The molecule has 0 heterocycles. The molecule has 0 aromatic heterocycles. The first-order chi connectivity index (χ1) is 3.27. The zero-order valence-electron chi connectivity index (χ0n) is 4.68. The Labute approximate surface area is 46.9 Å². The molecule has 2 heteroatoms. The van der Waals surface area contributed by atoms with Crippen LogP contribution in [0.4, 0.5) is 0 Å². The van der Waals surface area contributed by atoms with Crippen LogP contribution < -0.4 is 0 Å². The molecule has 0 spiro atoms. The maximum Gasteiger partial charge on any atom is 0.0412 e. The molecule has 0 N–H and O–H groups in total. The van der Waals surface area contributed by atoms with Crippen LogP contribution in [-0.2, 0) is 10.8 Å². The molecule has 0 saturated heterocycles. The van der Waals surface area contributed by atoms with Gasteiger partial charge >= 0.3 is 0 Å². The lowest BCUT2D eigenvalue weighted by atomic mass is 10.6. The van der Waals surface area contributed by atoms with Crippen LogP contribution in [0.15, 0.2) is 12.2 Å². The van der Waals surface area contributed by atoms with Crippen LogP contribution in [0.2, 0.25) is 0 Å². The Morgan fingerprint density at radius 2 is 2.29 bits per heavy atom. The second-order valence-electron chi connectivity index (χ2n) is 1.31. The molecule has 1 unspecified atom stereocenters. The summed E-state index contributed by atoms with van der Waals surface area (Å²) in [6.07, 6.45) is 5.50. The number of hydrogen-bond acceptors (Lipinski definition) is 1. The van der Waals surface area contributed by atoms with E-state index >= 15 is 0 Å². The summed E-state index contributed by atoms with van der Waals surface area (Å²) in [5.41, 5.74) is 0. The highest BCUT2D eigenvalue weighted by Crippen LogP contribution is 1.75. The van der Waals surface area contributed by atoms with Gasteiger partial charge in [0.1, 0.15) is 0 Å². The van der Waals surface area contributed by atoms with E-state index in [1.807, 2.05) is 19.1 Å². The zero-order valence-corrected chi connectivity index (χ0v) is 5.49. The van der Waals surface area contributed by atoms with Crippen molar-refractivity contribution < 1.29 is 4.21 Å². The van der Waals surface area contributed by atoms with Gasteiger partial charge in [-0.05, 0) is 6.92 Å². The van der Waals surface area contributed by atoms with Crippen LogP contribution in [0.3, 0.4) is 0 Å². The number of rotatable bonds is 2. The summed E-state index contributed by atoms with van der Waals surface area (Å²) in [6, 6.07) is 0. The summed E-state index contributed by atoms with van der Waals surface area (Å²) < 4.78 is 10.3. The van der Waals surface area contributed by atoms with Crippen molar-refractivity contribution in [2.24, 2.45) is 0 Å². The molecule has 0 rings (SSSR count). The lowest BCUT2D eigenvalue weighted by molar-refractivity contribution is 0.688. The van der Waals surface area contributed by atoms with E-state index in [0.29, 0.717) is 5.75 Å². The van der Waals surface area contributed by atoms with Crippen molar-refractivity contribution in [3.8, 4) is 0 Å². The molecule has 0 aromatic rings. The summed E-state index contributed by atoms with van der Waals surface area (Å²) >= 11 is 0. The molecule has 0 radical (unpaired) electrons. The van der Waals surface area contributed by atoms with Gasteiger partial charge < -0.3 is 0 Å². The predicted molar refractivity (Wildman–Crippen MR) is 33.7 cm³/mol. The van der Waals surface area contributed by atoms with Crippen LogP contribution in [0.1, 0.15) is 6.92 Å². The van der Waals surface area contributed by atoms with Crippen LogP contribution in [0, 0.1) is 0 Å². The van der Waals surface area contributed by atoms with Crippen LogP contribution in [-0.4, -0.2) is 16.2 Å². The van der Waals surface area contributed by atoms with Crippen molar-refractivity contribution in [3.63, 3.8) is 0 Å². The van der Waals surface area contributed by atoms with Gasteiger partial charge in [0, 0.05) is 22.8 Å². The predicted octanol–water partition coefficient (Wildman–Crippen LogP) is 0.941. The Morgan fingerprint density at radius 1 is 1.71 bits per heavy atom. The quantitative estimate of drug-likeness (QED) is 0.493. The second kappa shape index (κ2) is 4.06. The first kappa shape index (κ1) is 6.89. The molecule has 0 bridgehead atoms. The normalized spacial score (nSPS) is 15.1. The van der Waals surface area contributed by atoms with Crippen molar-refractivity contribution in [1.82, 2.24) is 0 Å². The van der Waals surface area contributed by atoms with Gasteiger partial charge in [0.05, 0.1) is 0 Å². The van der Waals surface area contributed by atoms with Crippen molar-refractivity contribution in [2.45, 2.75) is 6.92 Å². The summed E-state index contributed by atoms with van der Waals surface area (Å²) in [6.45, 7) is 1.92. The van der Waals surface area contributed by atoms with E-state index in [-0.39, 0.29) is 0 Å². The lowest BCUT2D eigenvalue weighted by Gasteiger charge is -1.80. The lowest BCUT2D eigenvalue weighted by Crippen LogP contribution is -1.86. The molecule has 0 aliphatic heterocycles. The van der Waals surface area contributed by atoms with Gasteiger partial charge in [-0.25, -0.2) is 0 Å². The van der Waals surface area contributed by atoms with Gasteiger partial charge in [-0.1, -0.05) is 12.2 Å². The van der Waals surface area contributed by atoms with E-state index in [1.54, 1.807) is 6.26 Å². The standard InChI is InChI=1S/C5H10OS/c1-3-4-5-7(2)6/h3-4H,5H2,1-2H3. The van der Waals surface area contributed by atoms with Crippen molar-refractivity contribution in [1.29, 1.82) is 0 Å². The molecule has 0 saturated carbocycles. The molecule has 0 amide bonds. The molecule has 0 aliphatic carbocycles. The largest absolute Gasteiger partial charge is 0.260 e. The first-order valence-electron chi connectivity index (χ1n) is 2.18. The smallest absolute Gasteiger partial charge is 0.0412 e. The Morgan fingerprint density at radius 3 is 2.43 bits per heavy atom. The minimum atomic E-state index is -0.652. The van der Waals surface area contributed by atoms with E-state index in [4.69, 9.17) is 0 Å². The molecular formula is C5H10OS. The second-order valence-corrected chi connectivity index (χ2v) is 2.79. The fraction of sp³-hybridized carbons (Fsp3) is 0.600. The molecule has 1 atom stereocenters. The Bertz CT molecular complexity index is 86.1. The molecule has 0 fully saturated rings. The average Bonchev–Trinajstić information content (AvgIpc) is 1.61. The zero-order chi connectivity index (χ0) is 5.70. The summed E-state index contributed by atoms with van der Waals surface area (Å²) in [5, 5.41) is 0. The first-order valence-corrected chi connectivity index (χ1v) is 3.91. The molecule has 42 valence electrons. The Hall–Kier alpha value is -0.110. The Balaban J connectivity index is 3.14. The van der Waals surface area contributed by atoms with Gasteiger partial charge in [0.2, 0.25) is 0 Å². The monoisotopic (exact) mass is 118 g/mol. The van der Waals surface area contributed by atoms with Crippen molar-refractivity contribution >= 4 is 10.8 Å². The summed E-state index contributed by atoms with van der Waals surface area (Å²) in [5.74, 6) is 0.691. The molecule has 0 aliphatic rings. The van der Waals surface area contributed by atoms with E-state index in [2.05, 4.69) is 0 Å². The highest BCUT2D eigenvalue weighted by molar-refractivity contribution is 7.84. The maximum absolute atomic E-state index is 10.3. The number of hydrogen-bond donors (Lipinski definition) is 0. The number of allylic oxidation sites excluding steroid dienone is 1. The van der Waals surface area contributed by atoms with Gasteiger partial charge in [-0.3, -0.25) is 4.21 Å². The van der Waals surface area contributed by atoms with E-state index in [0.717, 1.165) is 0 Å². The van der Waals surface area contributed by atoms with Gasteiger partial charge in [-0.2, -0.15) is 0 Å². The van der Waals surface area contributed by atoms with Crippen LogP contribution >= 0.6 is 0 Å². The minimum absolute atomic E-state index is 0.652. The maximum atomic E-state index is 10.3. The van der Waals surface area contributed by atoms with Gasteiger partial charge in [0.15, 0.2) is 0 Å². The summed E-state index contributed by atoms with van der Waals surface area (Å²) in [4.78, 5) is 0. The fourth-order valence-electron chi connectivity index (χ4n) is 0.232. The van der Waals surface area contributed by atoms with Gasteiger partial charge in [0.25, 0.3) is 0 Å². The third-order valence-electron chi connectivity index (χ3n) is 0.567. The third-order valence-corrected chi connectivity index (χ3v) is 1.23. The van der Waals surface area contributed by atoms with E-state index in [1.165, 1.54) is 0 Å². The molecule has 0 aromatic carbocycles. The Kier molecular flexibility index (Phi) is 4.00. The molecule has 1 nitrogen and oxygen atoms in total. The van der Waals surface area contributed by atoms with Crippen molar-refractivity contribution in [3.05, 3.63) is 12.2 Å². The van der Waals surface area contributed by atoms with Crippen molar-refractivity contribution in [2.75, 3.05) is 12.0 Å². The highest BCUT2D eigenvalue weighted by Gasteiger charge is 1.78.